The zero-order chi connectivity index (χ0) is 22.2. The van der Waals surface area contributed by atoms with E-state index in [1.165, 1.54) is 0 Å². The van der Waals surface area contributed by atoms with E-state index in [-0.39, 0.29) is 24.2 Å². The highest BCUT2D eigenvalue weighted by Crippen LogP contribution is 2.34. The summed E-state index contributed by atoms with van der Waals surface area (Å²) < 4.78 is 16.3. The number of methoxy groups -OCH3 is 2. The summed E-state index contributed by atoms with van der Waals surface area (Å²) in [6.45, 7) is 2.73. The van der Waals surface area contributed by atoms with Crippen LogP contribution in [0.1, 0.15) is 48.1 Å². The van der Waals surface area contributed by atoms with Gasteiger partial charge in [0.15, 0.2) is 0 Å². The second kappa shape index (κ2) is 10.5. The molecule has 8 nitrogen and oxygen atoms in total. The summed E-state index contributed by atoms with van der Waals surface area (Å²) in [5.74, 6) is 1.40. The molecule has 0 bridgehead atoms. The number of amides is 2. The van der Waals surface area contributed by atoms with Crippen LogP contribution in [-0.2, 0) is 4.79 Å². The van der Waals surface area contributed by atoms with Gasteiger partial charge in [0.2, 0.25) is 11.9 Å². The summed E-state index contributed by atoms with van der Waals surface area (Å²) in [6.07, 6.45) is 2.16. The predicted molar refractivity (Wildman–Crippen MR) is 117 cm³/mol. The maximum Gasteiger partial charge on any atom is 0.257 e. The molecule has 1 aliphatic heterocycles. The molecule has 0 saturated carbocycles. The van der Waals surface area contributed by atoms with Gasteiger partial charge in [0.05, 0.1) is 33.3 Å². The molecular weight excluding hydrogens is 398 g/mol. The lowest BCUT2D eigenvalue weighted by atomic mass is 10.0. The van der Waals surface area contributed by atoms with E-state index in [9.17, 15) is 9.59 Å². The summed E-state index contributed by atoms with van der Waals surface area (Å²) >= 11 is 0. The van der Waals surface area contributed by atoms with Crippen molar-refractivity contribution < 1.29 is 23.8 Å². The first-order valence-electron chi connectivity index (χ1n) is 10.2. The fourth-order valence-electron chi connectivity index (χ4n) is 3.15. The molecule has 164 valence electrons. The van der Waals surface area contributed by atoms with Gasteiger partial charge in [-0.25, -0.2) is 4.99 Å². The largest absolute Gasteiger partial charge is 0.497 e. The van der Waals surface area contributed by atoms with Crippen LogP contribution in [0.3, 0.4) is 0 Å². The Kier molecular flexibility index (Phi) is 7.48. The number of carbonyl (C=O) groups excluding carboxylic acids is 2. The predicted octanol–water partition coefficient (Wildman–Crippen LogP) is 3.23. The van der Waals surface area contributed by atoms with Crippen LogP contribution in [-0.4, -0.2) is 38.6 Å². The third kappa shape index (κ3) is 5.75. The van der Waals surface area contributed by atoms with Crippen LogP contribution in [0.5, 0.6) is 17.2 Å². The first-order valence-corrected chi connectivity index (χ1v) is 10.2. The Morgan fingerprint density at radius 3 is 2.55 bits per heavy atom. The second-order valence-corrected chi connectivity index (χ2v) is 7.03. The van der Waals surface area contributed by atoms with Gasteiger partial charge in [-0.1, -0.05) is 13.3 Å². The molecule has 0 aromatic heterocycles. The lowest BCUT2D eigenvalue weighted by Crippen LogP contribution is -2.47. The molecule has 1 heterocycles. The standard InChI is InChI=1S/C23H27N3O5/c1-4-5-12-31-16-8-6-15(7-9-16)22(28)26-23-24-19(14-21(27)25-23)18-13-17(29-2)10-11-20(18)30-3/h6-11,13,19H,4-5,12,14H2,1-3H3,(H2,24,25,26,27,28). The molecule has 0 spiro atoms. The maximum atomic E-state index is 12.6. The molecular formula is C23H27N3O5. The Bertz CT molecular complexity index is 956. The van der Waals surface area contributed by atoms with Crippen molar-refractivity contribution in [3.8, 4) is 17.2 Å². The molecule has 2 amide bonds. The Morgan fingerprint density at radius 1 is 1.13 bits per heavy atom. The number of aliphatic imine (C=N–C) groups is 1. The third-order valence-corrected chi connectivity index (χ3v) is 4.83. The van der Waals surface area contributed by atoms with E-state index in [4.69, 9.17) is 14.2 Å². The third-order valence-electron chi connectivity index (χ3n) is 4.83. The number of nitrogens with one attached hydrogen (secondary N) is 2. The van der Waals surface area contributed by atoms with E-state index in [0.717, 1.165) is 12.8 Å². The minimum Gasteiger partial charge on any atom is -0.497 e. The highest BCUT2D eigenvalue weighted by atomic mass is 16.5. The van der Waals surface area contributed by atoms with Crippen molar-refractivity contribution in [2.75, 3.05) is 20.8 Å². The van der Waals surface area contributed by atoms with Crippen molar-refractivity contribution in [3.63, 3.8) is 0 Å². The van der Waals surface area contributed by atoms with Crippen LogP contribution in [0.2, 0.25) is 0 Å². The van der Waals surface area contributed by atoms with Crippen molar-refractivity contribution in [1.82, 2.24) is 10.6 Å². The second-order valence-electron chi connectivity index (χ2n) is 7.03. The van der Waals surface area contributed by atoms with E-state index < -0.39 is 6.04 Å². The molecule has 3 rings (SSSR count). The van der Waals surface area contributed by atoms with Crippen molar-refractivity contribution in [1.29, 1.82) is 0 Å². The van der Waals surface area contributed by atoms with Gasteiger partial charge in [0.1, 0.15) is 17.2 Å². The SMILES string of the molecule is CCCCOc1ccc(C(=O)NC2=NC(c3cc(OC)ccc3OC)CC(=O)N2)cc1. The molecule has 0 aliphatic carbocycles. The smallest absolute Gasteiger partial charge is 0.257 e. The zero-order valence-corrected chi connectivity index (χ0v) is 17.9. The van der Waals surface area contributed by atoms with E-state index in [1.54, 1.807) is 56.7 Å². The number of carbonyl (C=O) groups is 2. The maximum absolute atomic E-state index is 12.6. The molecule has 8 heteroatoms. The molecule has 1 aliphatic rings. The van der Waals surface area contributed by atoms with Crippen molar-refractivity contribution >= 4 is 17.8 Å². The van der Waals surface area contributed by atoms with Gasteiger partial charge in [-0.2, -0.15) is 0 Å². The van der Waals surface area contributed by atoms with Crippen molar-refractivity contribution in [2.45, 2.75) is 32.2 Å². The molecule has 2 N–H and O–H groups in total. The molecule has 1 atom stereocenters. The lowest BCUT2D eigenvalue weighted by Gasteiger charge is -2.23. The number of benzene rings is 2. The number of ether oxygens (including phenoxy) is 3. The van der Waals surface area contributed by atoms with Gasteiger partial charge >= 0.3 is 0 Å². The van der Waals surface area contributed by atoms with Gasteiger partial charge in [0.25, 0.3) is 5.91 Å². The molecule has 2 aromatic rings. The Balaban J connectivity index is 1.74. The van der Waals surface area contributed by atoms with Crippen LogP contribution in [0.4, 0.5) is 0 Å². The zero-order valence-electron chi connectivity index (χ0n) is 17.9. The number of guanidine groups is 1. The molecule has 31 heavy (non-hydrogen) atoms. The minimum absolute atomic E-state index is 0.0967. The highest BCUT2D eigenvalue weighted by molar-refractivity contribution is 6.10. The summed E-state index contributed by atoms with van der Waals surface area (Å²) in [7, 11) is 3.12. The summed E-state index contributed by atoms with van der Waals surface area (Å²) in [6, 6.07) is 11.6. The van der Waals surface area contributed by atoms with Gasteiger partial charge in [-0.05, 0) is 48.9 Å². The molecule has 0 saturated heterocycles. The Hall–Kier alpha value is -3.55. The van der Waals surface area contributed by atoms with Crippen LogP contribution in [0, 0.1) is 0 Å². The molecule has 2 aromatic carbocycles. The monoisotopic (exact) mass is 425 g/mol. The van der Waals surface area contributed by atoms with E-state index in [0.29, 0.717) is 35.0 Å². The van der Waals surface area contributed by atoms with Crippen molar-refractivity contribution in [2.24, 2.45) is 4.99 Å². The number of nitrogens with zero attached hydrogens (tertiary/aromatic N) is 1. The normalized spacial score (nSPS) is 15.5. The van der Waals surface area contributed by atoms with E-state index >= 15 is 0 Å². The van der Waals surface area contributed by atoms with E-state index in [1.807, 2.05) is 0 Å². The van der Waals surface area contributed by atoms with Crippen LogP contribution in [0.15, 0.2) is 47.5 Å². The fraction of sp³-hybridized carbons (Fsp3) is 0.348. The number of rotatable bonds is 8. The van der Waals surface area contributed by atoms with Crippen LogP contribution in [0.25, 0.3) is 0 Å². The van der Waals surface area contributed by atoms with Crippen molar-refractivity contribution in [3.05, 3.63) is 53.6 Å². The van der Waals surface area contributed by atoms with Crippen LogP contribution < -0.4 is 24.8 Å². The Labute approximate surface area is 181 Å². The quantitative estimate of drug-likeness (QED) is 0.633. The summed E-state index contributed by atoms with van der Waals surface area (Å²) in [5, 5.41) is 5.28. The number of unbranched alkanes of at least 4 members (excludes halogenated alkanes) is 1. The summed E-state index contributed by atoms with van der Waals surface area (Å²) in [4.78, 5) is 29.4. The first-order chi connectivity index (χ1) is 15.0. The van der Waals surface area contributed by atoms with Gasteiger partial charge in [-0.3, -0.25) is 20.2 Å². The fourth-order valence-corrected chi connectivity index (χ4v) is 3.15. The Morgan fingerprint density at radius 2 is 1.87 bits per heavy atom. The molecule has 1 unspecified atom stereocenters. The highest BCUT2D eigenvalue weighted by Gasteiger charge is 2.26. The first kappa shape index (κ1) is 22.1. The average molecular weight is 425 g/mol. The topological polar surface area (TPSA) is 98.2 Å². The lowest BCUT2D eigenvalue weighted by molar-refractivity contribution is -0.120. The minimum atomic E-state index is -0.511. The van der Waals surface area contributed by atoms with Gasteiger partial charge in [-0.15, -0.1) is 0 Å². The molecule has 0 fully saturated rings. The number of hydrogen-bond donors (Lipinski definition) is 2. The van der Waals surface area contributed by atoms with E-state index in [2.05, 4.69) is 22.5 Å². The summed E-state index contributed by atoms with van der Waals surface area (Å²) in [5.41, 5.74) is 1.14. The number of hydrogen-bond acceptors (Lipinski definition) is 6. The average Bonchev–Trinajstić information content (AvgIpc) is 2.78. The van der Waals surface area contributed by atoms with Gasteiger partial charge < -0.3 is 14.2 Å². The molecule has 0 radical (unpaired) electrons. The van der Waals surface area contributed by atoms with Gasteiger partial charge in [0, 0.05) is 11.1 Å². The van der Waals surface area contributed by atoms with Crippen LogP contribution >= 0.6 is 0 Å².